The first-order chi connectivity index (χ1) is 12.9. The molecule has 1 saturated heterocycles. The molecule has 2 rings (SSSR count). The van der Waals surface area contributed by atoms with E-state index < -0.39 is 4.92 Å². The molecule has 27 heavy (non-hydrogen) atoms. The molecule has 1 aromatic carbocycles. The summed E-state index contributed by atoms with van der Waals surface area (Å²) in [7, 11) is 1.66. The van der Waals surface area contributed by atoms with E-state index in [0.717, 1.165) is 25.8 Å². The highest BCUT2D eigenvalue weighted by Crippen LogP contribution is 2.23. The smallest absolute Gasteiger partial charge is 0.317 e. The van der Waals surface area contributed by atoms with E-state index in [0.29, 0.717) is 31.5 Å². The third-order valence-corrected chi connectivity index (χ3v) is 5.02. The number of nitrogens with one attached hydrogen (secondary N) is 1. The van der Waals surface area contributed by atoms with Gasteiger partial charge in [0.05, 0.1) is 11.0 Å². The largest absolute Gasteiger partial charge is 0.343 e. The van der Waals surface area contributed by atoms with Crippen molar-refractivity contribution in [1.82, 2.24) is 15.1 Å². The van der Waals surface area contributed by atoms with Gasteiger partial charge in [-0.3, -0.25) is 14.9 Å². The van der Waals surface area contributed by atoms with E-state index >= 15 is 0 Å². The van der Waals surface area contributed by atoms with Gasteiger partial charge in [0.15, 0.2) is 0 Å². The normalized spacial score (nSPS) is 15.8. The van der Waals surface area contributed by atoms with Crippen molar-refractivity contribution in [2.24, 2.45) is 0 Å². The highest BCUT2D eigenvalue weighted by molar-refractivity contribution is 5.76. The molecule has 1 aliphatic rings. The summed E-state index contributed by atoms with van der Waals surface area (Å²) >= 11 is 0. The molecule has 1 aliphatic heterocycles. The predicted octanol–water partition coefficient (Wildman–Crippen LogP) is 3.09. The number of rotatable bonds is 7. The van der Waals surface area contributed by atoms with Crippen molar-refractivity contribution >= 4 is 17.6 Å². The molecule has 0 unspecified atom stereocenters. The van der Waals surface area contributed by atoms with Crippen molar-refractivity contribution in [2.45, 2.75) is 45.1 Å². The Morgan fingerprint density at radius 1 is 1.37 bits per heavy atom. The molecule has 0 bridgehead atoms. The van der Waals surface area contributed by atoms with Crippen molar-refractivity contribution in [3.05, 3.63) is 39.9 Å². The first kappa shape index (κ1) is 20.7. The summed E-state index contributed by atoms with van der Waals surface area (Å²) in [5, 5.41) is 13.8. The Kier molecular flexibility index (Phi) is 7.57. The van der Waals surface area contributed by atoms with Gasteiger partial charge in [-0.1, -0.05) is 18.6 Å². The average Bonchev–Trinajstić information content (AvgIpc) is 2.88. The third-order valence-electron chi connectivity index (χ3n) is 5.02. The van der Waals surface area contributed by atoms with Crippen LogP contribution in [-0.2, 0) is 4.79 Å². The van der Waals surface area contributed by atoms with Crippen LogP contribution in [0.2, 0.25) is 0 Å². The zero-order chi connectivity index (χ0) is 19.8. The second kappa shape index (κ2) is 9.89. The molecule has 1 aromatic rings. The van der Waals surface area contributed by atoms with Gasteiger partial charge in [-0.2, -0.15) is 0 Å². The topological polar surface area (TPSA) is 95.8 Å². The van der Waals surface area contributed by atoms with E-state index in [2.05, 4.69) is 5.32 Å². The van der Waals surface area contributed by atoms with Gasteiger partial charge >= 0.3 is 6.03 Å². The van der Waals surface area contributed by atoms with Crippen LogP contribution in [0.1, 0.15) is 50.6 Å². The number of likely N-dealkylation sites (tertiary alicyclic amines) is 1. The average molecular weight is 376 g/mol. The van der Waals surface area contributed by atoms with Crippen LogP contribution in [0.15, 0.2) is 24.3 Å². The van der Waals surface area contributed by atoms with Crippen LogP contribution in [0.5, 0.6) is 0 Å². The highest BCUT2D eigenvalue weighted by atomic mass is 16.6. The molecule has 1 heterocycles. The molecule has 1 atom stereocenters. The van der Waals surface area contributed by atoms with Gasteiger partial charge < -0.3 is 15.1 Å². The monoisotopic (exact) mass is 376 g/mol. The molecule has 3 amide bonds. The van der Waals surface area contributed by atoms with Crippen molar-refractivity contribution in [3.63, 3.8) is 0 Å². The maximum absolute atomic E-state index is 12.3. The number of nitro groups is 1. The number of carbonyl (C=O) groups is 2. The summed E-state index contributed by atoms with van der Waals surface area (Å²) in [5.41, 5.74) is 0.715. The molecule has 8 heteroatoms. The maximum atomic E-state index is 12.3. The van der Waals surface area contributed by atoms with Crippen molar-refractivity contribution in [2.75, 3.05) is 26.7 Å². The Morgan fingerprint density at radius 2 is 2.15 bits per heavy atom. The fourth-order valence-electron chi connectivity index (χ4n) is 3.16. The van der Waals surface area contributed by atoms with E-state index in [1.54, 1.807) is 19.2 Å². The lowest BCUT2D eigenvalue weighted by Crippen LogP contribution is -2.40. The highest BCUT2D eigenvalue weighted by Gasteiger charge is 2.20. The number of hydrogen-bond acceptors (Lipinski definition) is 4. The van der Waals surface area contributed by atoms with Crippen LogP contribution in [-0.4, -0.2) is 53.3 Å². The van der Waals surface area contributed by atoms with Gasteiger partial charge in [-0.05, 0) is 31.7 Å². The Bertz CT molecular complexity index is 679. The van der Waals surface area contributed by atoms with Gasteiger partial charge in [0.2, 0.25) is 5.91 Å². The molecule has 1 N–H and O–H groups in total. The number of amides is 3. The lowest BCUT2D eigenvalue weighted by atomic mass is 10.1. The van der Waals surface area contributed by atoms with E-state index in [-0.39, 0.29) is 23.7 Å². The number of carbonyl (C=O) groups excluding carboxylic acids is 2. The van der Waals surface area contributed by atoms with E-state index in [1.165, 1.54) is 17.0 Å². The summed E-state index contributed by atoms with van der Waals surface area (Å²) in [6.45, 7) is 3.77. The fourth-order valence-corrected chi connectivity index (χ4v) is 3.16. The zero-order valence-corrected chi connectivity index (χ0v) is 16.0. The van der Waals surface area contributed by atoms with Gasteiger partial charge in [-0.25, -0.2) is 4.79 Å². The van der Waals surface area contributed by atoms with E-state index in [9.17, 15) is 19.7 Å². The molecule has 0 saturated carbocycles. The Hall–Kier alpha value is -2.64. The predicted molar refractivity (Wildman–Crippen MR) is 102 cm³/mol. The molecule has 0 aromatic heterocycles. The standard InChI is InChI=1S/C19H28N4O4/c1-15(16-8-6-9-17(14-16)23(26)27)21(2)19(25)20-11-7-13-22-12-5-3-4-10-18(22)24/h6,8-9,14-15H,3-5,7,10-13H2,1-2H3,(H,20,25)/t15-/m1/s1. The zero-order valence-electron chi connectivity index (χ0n) is 16.0. The molecule has 1 fully saturated rings. The number of nitrogens with zero attached hydrogens (tertiary/aromatic N) is 3. The first-order valence-electron chi connectivity index (χ1n) is 9.43. The summed E-state index contributed by atoms with van der Waals surface area (Å²) in [6, 6.07) is 5.77. The molecule has 148 valence electrons. The molecular formula is C19H28N4O4. The molecule has 0 spiro atoms. The summed E-state index contributed by atoms with van der Waals surface area (Å²) < 4.78 is 0. The minimum absolute atomic E-state index is 0.00951. The summed E-state index contributed by atoms with van der Waals surface area (Å²) in [5.74, 6) is 0.204. The van der Waals surface area contributed by atoms with Crippen LogP contribution < -0.4 is 5.32 Å². The van der Waals surface area contributed by atoms with Gasteiger partial charge in [0, 0.05) is 45.2 Å². The SMILES string of the molecule is C[C@H](c1cccc([N+](=O)[O-])c1)N(C)C(=O)NCCCN1CCCCCC1=O. The summed E-state index contributed by atoms with van der Waals surface area (Å²) in [4.78, 5) is 38.2. The molecule has 8 nitrogen and oxygen atoms in total. The van der Waals surface area contributed by atoms with E-state index in [4.69, 9.17) is 0 Å². The number of non-ortho nitro benzene ring substituents is 1. The van der Waals surface area contributed by atoms with Crippen molar-refractivity contribution in [3.8, 4) is 0 Å². The summed E-state index contributed by atoms with van der Waals surface area (Å²) in [6.07, 6.45) is 4.43. The van der Waals surface area contributed by atoms with Crippen molar-refractivity contribution in [1.29, 1.82) is 0 Å². The second-order valence-electron chi connectivity index (χ2n) is 6.92. The molecule has 0 aliphatic carbocycles. The van der Waals surface area contributed by atoms with Gasteiger partial charge in [-0.15, -0.1) is 0 Å². The number of hydrogen-bond donors (Lipinski definition) is 1. The molecular weight excluding hydrogens is 348 g/mol. The minimum Gasteiger partial charge on any atom is -0.343 e. The first-order valence-corrected chi connectivity index (χ1v) is 9.43. The van der Waals surface area contributed by atoms with Crippen molar-refractivity contribution < 1.29 is 14.5 Å². The minimum atomic E-state index is -0.444. The Morgan fingerprint density at radius 3 is 2.89 bits per heavy atom. The van der Waals surface area contributed by atoms with E-state index in [1.807, 2.05) is 11.8 Å². The third kappa shape index (κ3) is 5.94. The number of urea groups is 1. The quantitative estimate of drug-likeness (QED) is 0.449. The van der Waals surface area contributed by atoms with Crippen LogP contribution >= 0.6 is 0 Å². The van der Waals surface area contributed by atoms with Gasteiger partial charge in [0.1, 0.15) is 0 Å². The maximum Gasteiger partial charge on any atom is 0.317 e. The van der Waals surface area contributed by atoms with Crippen LogP contribution in [0.3, 0.4) is 0 Å². The van der Waals surface area contributed by atoms with Crippen LogP contribution in [0.25, 0.3) is 0 Å². The Labute approximate surface area is 159 Å². The fraction of sp³-hybridized carbons (Fsp3) is 0.579. The van der Waals surface area contributed by atoms with Crippen LogP contribution in [0, 0.1) is 10.1 Å². The number of benzene rings is 1. The number of nitro benzene ring substituents is 1. The van der Waals surface area contributed by atoms with Gasteiger partial charge in [0.25, 0.3) is 5.69 Å². The second-order valence-corrected chi connectivity index (χ2v) is 6.92. The lowest BCUT2D eigenvalue weighted by molar-refractivity contribution is -0.384. The molecule has 0 radical (unpaired) electrons. The Balaban J connectivity index is 1.80. The lowest BCUT2D eigenvalue weighted by Gasteiger charge is -2.26. The van der Waals surface area contributed by atoms with Crippen LogP contribution in [0.4, 0.5) is 10.5 Å².